The zero-order valence-corrected chi connectivity index (χ0v) is 13.4. The summed E-state index contributed by atoms with van der Waals surface area (Å²) in [4.78, 5) is 2.62. The van der Waals surface area contributed by atoms with Crippen LogP contribution < -0.4 is 5.32 Å². The van der Waals surface area contributed by atoms with Gasteiger partial charge in [0, 0.05) is 25.7 Å². The van der Waals surface area contributed by atoms with Gasteiger partial charge in [-0.25, -0.2) is 0 Å². The van der Waals surface area contributed by atoms with E-state index in [-0.39, 0.29) is 0 Å². The van der Waals surface area contributed by atoms with Crippen LogP contribution in [0.2, 0.25) is 0 Å². The van der Waals surface area contributed by atoms with Crippen LogP contribution in [0.3, 0.4) is 0 Å². The number of nitrogens with one attached hydrogen (secondary N) is 1. The fraction of sp³-hybridized carbons (Fsp3) is 0.667. The maximum absolute atomic E-state index is 3.47. The molecule has 0 atom stereocenters. The second-order valence-corrected chi connectivity index (χ2v) is 6.53. The first-order chi connectivity index (χ1) is 9.67. The van der Waals surface area contributed by atoms with Gasteiger partial charge < -0.3 is 5.32 Å². The third kappa shape index (κ3) is 5.64. The standard InChI is InChI=1S/C18H30N2/c1-4-11-20(14-18-9-10-18)13-17-7-5-16(6-8-17)12-19-15(2)3/h5-8,15,18-19H,4,9-14H2,1-3H3. The van der Waals surface area contributed by atoms with E-state index >= 15 is 0 Å². The molecule has 0 spiro atoms. The Morgan fingerprint density at radius 2 is 1.80 bits per heavy atom. The van der Waals surface area contributed by atoms with Crippen molar-refractivity contribution in [1.29, 1.82) is 0 Å². The van der Waals surface area contributed by atoms with Gasteiger partial charge in [0.2, 0.25) is 0 Å². The Labute approximate surface area is 124 Å². The number of rotatable bonds is 9. The second kappa shape index (κ2) is 7.80. The van der Waals surface area contributed by atoms with Gasteiger partial charge in [0.05, 0.1) is 0 Å². The van der Waals surface area contributed by atoms with Crippen molar-refractivity contribution in [2.45, 2.75) is 59.2 Å². The van der Waals surface area contributed by atoms with Gasteiger partial charge in [-0.2, -0.15) is 0 Å². The molecule has 0 amide bonds. The van der Waals surface area contributed by atoms with Crippen molar-refractivity contribution in [1.82, 2.24) is 10.2 Å². The molecular formula is C18H30N2. The first-order valence-electron chi connectivity index (χ1n) is 8.21. The summed E-state index contributed by atoms with van der Waals surface area (Å²) in [6.45, 7) is 11.3. The van der Waals surface area contributed by atoms with Crippen molar-refractivity contribution in [3.63, 3.8) is 0 Å². The lowest BCUT2D eigenvalue weighted by Gasteiger charge is -2.21. The molecular weight excluding hydrogens is 244 g/mol. The summed E-state index contributed by atoms with van der Waals surface area (Å²) in [6, 6.07) is 9.69. The molecule has 1 aliphatic carbocycles. The van der Waals surface area contributed by atoms with Gasteiger partial charge in [0.15, 0.2) is 0 Å². The molecule has 0 aliphatic heterocycles. The molecule has 1 fully saturated rings. The molecule has 0 heterocycles. The molecule has 2 heteroatoms. The highest BCUT2D eigenvalue weighted by molar-refractivity contribution is 5.22. The average Bonchev–Trinajstić information content (AvgIpc) is 3.22. The molecule has 0 unspecified atom stereocenters. The first kappa shape index (κ1) is 15.5. The van der Waals surface area contributed by atoms with Crippen molar-refractivity contribution in [2.75, 3.05) is 13.1 Å². The average molecular weight is 274 g/mol. The second-order valence-electron chi connectivity index (χ2n) is 6.53. The molecule has 0 aromatic heterocycles. The summed E-state index contributed by atoms with van der Waals surface area (Å²) >= 11 is 0. The summed E-state index contributed by atoms with van der Waals surface area (Å²) in [5.74, 6) is 0.982. The molecule has 1 aliphatic rings. The molecule has 0 radical (unpaired) electrons. The SMILES string of the molecule is CCCN(Cc1ccc(CNC(C)C)cc1)CC1CC1. The largest absolute Gasteiger partial charge is 0.310 e. The van der Waals surface area contributed by atoms with Crippen molar-refractivity contribution in [2.24, 2.45) is 5.92 Å². The summed E-state index contributed by atoms with van der Waals surface area (Å²) in [5.41, 5.74) is 2.83. The monoisotopic (exact) mass is 274 g/mol. The minimum atomic E-state index is 0.549. The van der Waals surface area contributed by atoms with Crippen LogP contribution in [-0.4, -0.2) is 24.0 Å². The third-order valence-electron chi connectivity index (χ3n) is 3.90. The molecule has 2 rings (SSSR count). The molecule has 0 bridgehead atoms. The highest BCUT2D eigenvalue weighted by Crippen LogP contribution is 2.30. The van der Waals surface area contributed by atoms with Gasteiger partial charge in [0.1, 0.15) is 0 Å². The van der Waals surface area contributed by atoms with Crippen LogP contribution in [0.4, 0.5) is 0 Å². The Kier molecular flexibility index (Phi) is 6.06. The van der Waals surface area contributed by atoms with E-state index in [4.69, 9.17) is 0 Å². The number of benzene rings is 1. The lowest BCUT2D eigenvalue weighted by Crippen LogP contribution is -2.26. The van der Waals surface area contributed by atoms with E-state index in [0.29, 0.717) is 6.04 Å². The minimum absolute atomic E-state index is 0.549. The first-order valence-corrected chi connectivity index (χ1v) is 8.21. The Hall–Kier alpha value is -0.860. The molecule has 1 N–H and O–H groups in total. The van der Waals surface area contributed by atoms with Crippen LogP contribution >= 0.6 is 0 Å². The van der Waals surface area contributed by atoms with Crippen LogP contribution in [-0.2, 0) is 13.1 Å². The van der Waals surface area contributed by atoms with Gasteiger partial charge in [-0.1, -0.05) is 45.0 Å². The van der Waals surface area contributed by atoms with Gasteiger partial charge in [0.25, 0.3) is 0 Å². The van der Waals surface area contributed by atoms with Crippen LogP contribution in [0.25, 0.3) is 0 Å². The van der Waals surface area contributed by atoms with Crippen LogP contribution in [0.5, 0.6) is 0 Å². The van der Waals surface area contributed by atoms with E-state index < -0.39 is 0 Å². The van der Waals surface area contributed by atoms with E-state index in [1.54, 1.807) is 0 Å². The lowest BCUT2D eigenvalue weighted by molar-refractivity contribution is 0.255. The predicted molar refractivity (Wildman–Crippen MR) is 86.7 cm³/mol. The van der Waals surface area contributed by atoms with Crippen molar-refractivity contribution >= 4 is 0 Å². The number of hydrogen-bond donors (Lipinski definition) is 1. The predicted octanol–water partition coefficient (Wildman–Crippen LogP) is 3.81. The topological polar surface area (TPSA) is 15.3 Å². The van der Waals surface area contributed by atoms with E-state index in [0.717, 1.165) is 19.0 Å². The Balaban J connectivity index is 1.84. The van der Waals surface area contributed by atoms with E-state index in [2.05, 4.69) is 55.3 Å². The Bertz CT molecular complexity index is 379. The molecule has 1 aromatic carbocycles. The smallest absolute Gasteiger partial charge is 0.0233 e. The minimum Gasteiger partial charge on any atom is -0.310 e. The quantitative estimate of drug-likeness (QED) is 0.736. The molecule has 0 saturated heterocycles. The maximum atomic E-state index is 3.47. The zero-order chi connectivity index (χ0) is 14.4. The molecule has 112 valence electrons. The van der Waals surface area contributed by atoms with E-state index in [9.17, 15) is 0 Å². The zero-order valence-electron chi connectivity index (χ0n) is 13.4. The van der Waals surface area contributed by atoms with Crippen molar-refractivity contribution in [3.8, 4) is 0 Å². The molecule has 20 heavy (non-hydrogen) atoms. The van der Waals surface area contributed by atoms with E-state index in [1.165, 1.54) is 43.5 Å². The normalized spacial score (nSPS) is 15.2. The van der Waals surface area contributed by atoms with Crippen molar-refractivity contribution in [3.05, 3.63) is 35.4 Å². The Morgan fingerprint density at radius 1 is 1.15 bits per heavy atom. The molecule has 1 saturated carbocycles. The molecule has 2 nitrogen and oxygen atoms in total. The highest BCUT2D eigenvalue weighted by atomic mass is 15.1. The number of hydrogen-bond acceptors (Lipinski definition) is 2. The summed E-state index contributed by atoms with van der Waals surface area (Å²) < 4.78 is 0. The van der Waals surface area contributed by atoms with Gasteiger partial charge in [-0.3, -0.25) is 4.90 Å². The lowest BCUT2D eigenvalue weighted by atomic mass is 10.1. The summed E-state index contributed by atoms with van der Waals surface area (Å²) in [6.07, 6.45) is 4.14. The fourth-order valence-corrected chi connectivity index (χ4v) is 2.56. The Morgan fingerprint density at radius 3 is 2.35 bits per heavy atom. The highest BCUT2D eigenvalue weighted by Gasteiger charge is 2.23. The van der Waals surface area contributed by atoms with Crippen LogP contribution in [0.1, 0.15) is 51.2 Å². The van der Waals surface area contributed by atoms with Crippen LogP contribution in [0, 0.1) is 5.92 Å². The maximum Gasteiger partial charge on any atom is 0.0233 e. The van der Waals surface area contributed by atoms with E-state index in [1.807, 2.05) is 0 Å². The summed E-state index contributed by atoms with van der Waals surface area (Å²) in [7, 11) is 0. The van der Waals surface area contributed by atoms with Gasteiger partial charge in [-0.05, 0) is 42.9 Å². The molecule has 1 aromatic rings. The van der Waals surface area contributed by atoms with Crippen molar-refractivity contribution < 1.29 is 0 Å². The number of nitrogens with zero attached hydrogens (tertiary/aromatic N) is 1. The fourth-order valence-electron chi connectivity index (χ4n) is 2.56. The third-order valence-corrected chi connectivity index (χ3v) is 3.90. The summed E-state index contributed by atoms with van der Waals surface area (Å²) in [5, 5.41) is 3.47. The van der Waals surface area contributed by atoms with Crippen LogP contribution in [0.15, 0.2) is 24.3 Å². The van der Waals surface area contributed by atoms with Gasteiger partial charge >= 0.3 is 0 Å². The van der Waals surface area contributed by atoms with Gasteiger partial charge in [-0.15, -0.1) is 0 Å².